The second-order valence-corrected chi connectivity index (χ2v) is 6.42. The van der Waals surface area contributed by atoms with Crippen LogP contribution in [0.5, 0.6) is 0 Å². The van der Waals surface area contributed by atoms with Crippen molar-refractivity contribution in [3.63, 3.8) is 0 Å². The van der Waals surface area contributed by atoms with Gasteiger partial charge in [0.2, 0.25) is 0 Å². The Balaban J connectivity index is 2.22. The fourth-order valence-electron chi connectivity index (χ4n) is 2.93. The molecule has 1 fully saturated rings. The number of likely N-dealkylation sites (tertiary alicyclic amines) is 1. The van der Waals surface area contributed by atoms with Gasteiger partial charge in [0.25, 0.3) is 5.91 Å². The Labute approximate surface area is 131 Å². The van der Waals surface area contributed by atoms with Crippen LogP contribution in [0.2, 0.25) is 0 Å². The number of anilines is 2. The van der Waals surface area contributed by atoms with Gasteiger partial charge in [-0.1, -0.05) is 18.3 Å². The first kappa shape index (κ1) is 16.1. The van der Waals surface area contributed by atoms with E-state index in [9.17, 15) is 4.79 Å². The molecule has 1 aliphatic heterocycles. The van der Waals surface area contributed by atoms with E-state index in [-0.39, 0.29) is 5.91 Å². The van der Waals surface area contributed by atoms with E-state index in [1.165, 1.54) is 17.8 Å². The lowest BCUT2D eigenvalue weighted by atomic mass is 10.00. The molecule has 118 valence electrons. The first-order chi connectivity index (χ1) is 10.1. The Morgan fingerprint density at radius 3 is 2.71 bits per heavy atom. The van der Waals surface area contributed by atoms with Crippen molar-refractivity contribution in [2.75, 3.05) is 30.3 Å². The Hall–Kier alpha value is -1.30. The lowest BCUT2D eigenvalue weighted by Crippen LogP contribution is -2.43. The summed E-state index contributed by atoms with van der Waals surface area (Å²) >= 11 is 1.43. The molecule has 1 aromatic heterocycles. The van der Waals surface area contributed by atoms with E-state index in [2.05, 4.69) is 30.7 Å². The van der Waals surface area contributed by atoms with E-state index in [0.717, 1.165) is 44.0 Å². The van der Waals surface area contributed by atoms with Gasteiger partial charge in [-0.3, -0.25) is 4.79 Å². The number of thiazole rings is 1. The smallest absolute Gasteiger partial charge is 0.268 e. The van der Waals surface area contributed by atoms with Crippen molar-refractivity contribution in [3.05, 3.63) is 4.88 Å². The van der Waals surface area contributed by atoms with Crippen LogP contribution in [0.3, 0.4) is 0 Å². The van der Waals surface area contributed by atoms with Crippen LogP contribution in [0, 0.1) is 0 Å². The Kier molecular flexibility index (Phi) is 5.45. The van der Waals surface area contributed by atoms with Gasteiger partial charge in [0.15, 0.2) is 5.13 Å². The molecule has 6 heteroatoms. The summed E-state index contributed by atoms with van der Waals surface area (Å²) in [6.45, 7) is 8.90. The molecular formula is C15H26N4OS. The molecule has 2 heterocycles. The highest BCUT2D eigenvalue weighted by Gasteiger charge is 2.29. The van der Waals surface area contributed by atoms with Gasteiger partial charge in [0.05, 0.1) is 0 Å². The number of rotatable bonds is 5. The molecule has 1 saturated heterocycles. The van der Waals surface area contributed by atoms with Crippen LogP contribution >= 0.6 is 11.3 Å². The third kappa shape index (κ3) is 3.31. The predicted octanol–water partition coefficient (Wildman–Crippen LogP) is 2.98. The summed E-state index contributed by atoms with van der Waals surface area (Å²) in [7, 11) is 0. The molecule has 1 aromatic rings. The number of carbonyl (C=O) groups excluding carboxylic acids is 1. The van der Waals surface area contributed by atoms with Crippen LogP contribution in [0.1, 0.15) is 56.1 Å². The van der Waals surface area contributed by atoms with E-state index in [4.69, 9.17) is 5.73 Å². The summed E-state index contributed by atoms with van der Waals surface area (Å²) < 4.78 is 0. The summed E-state index contributed by atoms with van der Waals surface area (Å²) in [5.41, 5.74) is 6.01. The number of nitrogens with two attached hydrogens (primary N) is 1. The van der Waals surface area contributed by atoms with Crippen LogP contribution in [-0.4, -0.2) is 41.5 Å². The zero-order valence-electron chi connectivity index (χ0n) is 13.3. The molecule has 0 saturated carbocycles. The summed E-state index contributed by atoms with van der Waals surface area (Å²) in [5, 5.41) is 0.853. The molecule has 0 aliphatic carbocycles. The Morgan fingerprint density at radius 2 is 2.10 bits per heavy atom. The molecule has 1 atom stereocenters. The maximum Gasteiger partial charge on any atom is 0.268 e. The van der Waals surface area contributed by atoms with Gasteiger partial charge in [-0.15, -0.1) is 0 Å². The minimum Gasteiger partial charge on any atom is -0.382 e. The largest absolute Gasteiger partial charge is 0.382 e. The van der Waals surface area contributed by atoms with Crippen LogP contribution in [0.25, 0.3) is 0 Å². The third-order valence-corrected chi connectivity index (χ3v) is 5.35. The van der Waals surface area contributed by atoms with Crippen LogP contribution < -0.4 is 10.6 Å². The number of hydrogen-bond acceptors (Lipinski definition) is 5. The molecule has 21 heavy (non-hydrogen) atoms. The quantitative estimate of drug-likeness (QED) is 0.908. The van der Waals surface area contributed by atoms with Gasteiger partial charge < -0.3 is 15.5 Å². The average Bonchev–Trinajstić information content (AvgIpc) is 2.89. The number of piperidine rings is 1. The number of aromatic nitrogens is 1. The maximum absolute atomic E-state index is 12.8. The van der Waals surface area contributed by atoms with E-state index in [1.807, 2.05) is 4.90 Å². The van der Waals surface area contributed by atoms with Crippen LogP contribution in [-0.2, 0) is 0 Å². The van der Waals surface area contributed by atoms with Crippen molar-refractivity contribution < 1.29 is 4.79 Å². The molecule has 0 aromatic carbocycles. The average molecular weight is 310 g/mol. The van der Waals surface area contributed by atoms with E-state index >= 15 is 0 Å². The molecule has 1 amide bonds. The standard InChI is InChI=1S/C15H26N4OS/c1-4-11-9-7-8-10-19(11)14(20)12-13(16)17-15(21-12)18(5-2)6-3/h11H,4-10,16H2,1-3H3. The van der Waals surface area contributed by atoms with Gasteiger partial charge in [0, 0.05) is 25.7 Å². The highest BCUT2D eigenvalue weighted by Crippen LogP contribution is 2.31. The third-order valence-electron chi connectivity index (χ3n) is 4.23. The lowest BCUT2D eigenvalue weighted by molar-refractivity contribution is 0.0614. The second-order valence-electron chi connectivity index (χ2n) is 5.44. The minimum atomic E-state index is 0.0648. The Bertz CT molecular complexity index is 484. The summed E-state index contributed by atoms with van der Waals surface area (Å²) in [6.07, 6.45) is 4.41. The van der Waals surface area contributed by atoms with E-state index in [1.54, 1.807) is 0 Å². The predicted molar refractivity (Wildman–Crippen MR) is 89.1 cm³/mol. The molecule has 5 nitrogen and oxygen atoms in total. The molecule has 2 N–H and O–H groups in total. The number of nitrogens with zero attached hydrogens (tertiary/aromatic N) is 3. The Morgan fingerprint density at radius 1 is 1.38 bits per heavy atom. The fourth-order valence-corrected chi connectivity index (χ4v) is 3.99. The van der Waals surface area contributed by atoms with Crippen molar-refractivity contribution >= 4 is 28.2 Å². The molecule has 0 spiro atoms. The first-order valence-electron chi connectivity index (χ1n) is 7.94. The van der Waals surface area contributed by atoms with Crippen molar-refractivity contribution in [1.29, 1.82) is 0 Å². The van der Waals surface area contributed by atoms with Gasteiger partial charge in [-0.2, -0.15) is 0 Å². The second kappa shape index (κ2) is 7.11. The monoisotopic (exact) mass is 310 g/mol. The molecular weight excluding hydrogens is 284 g/mol. The molecule has 1 aliphatic rings. The summed E-state index contributed by atoms with van der Waals surface area (Å²) in [5.74, 6) is 0.447. The van der Waals surface area contributed by atoms with E-state index < -0.39 is 0 Å². The normalized spacial score (nSPS) is 18.8. The maximum atomic E-state index is 12.8. The van der Waals surface area contributed by atoms with Crippen molar-refractivity contribution in [1.82, 2.24) is 9.88 Å². The number of hydrogen-bond donors (Lipinski definition) is 1. The van der Waals surface area contributed by atoms with E-state index in [0.29, 0.717) is 16.7 Å². The molecule has 0 radical (unpaired) electrons. The zero-order chi connectivity index (χ0) is 15.4. The van der Waals surface area contributed by atoms with Crippen molar-refractivity contribution in [2.45, 2.75) is 52.5 Å². The van der Waals surface area contributed by atoms with Gasteiger partial charge in [-0.05, 0) is 39.5 Å². The number of carbonyl (C=O) groups is 1. The topological polar surface area (TPSA) is 62.5 Å². The van der Waals surface area contributed by atoms with Gasteiger partial charge in [0.1, 0.15) is 10.7 Å². The minimum absolute atomic E-state index is 0.0648. The van der Waals surface area contributed by atoms with Crippen LogP contribution in [0.4, 0.5) is 10.9 Å². The summed E-state index contributed by atoms with van der Waals surface area (Å²) in [4.78, 5) is 21.9. The molecule has 0 bridgehead atoms. The highest BCUT2D eigenvalue weighted by molar-refractivity contribution is 7.18. The zero-order valence-corrected chi connectivity index (χ0v) is 14.1. The molecule has 2 rings (SSSR count). The van der Waals surface area contributed by atoms with Gasteiger partial charge in [-0.25, -0.2) is 4.98 Å². The number of amides is 1. The fraction of sp³-hybridized carbons (Fsp3) is 0.733. The lowest BCUT2D eigenvalue weighted by Gasteiger charge is -2.35. The summed E-state index contributed by atoms with van der Waals surface area (Å²) in [6, 6.07) is 0.352. The molecule has 1 unspecified atom stereocenters. The first-order valence-corrected chi connectivity index (χ1v) is 8.76. The SMILES string of the molecule is CCC1CCCCN1C(=O)c1sc(N(CC)CC)nc1N. The van der Waals surface area contributed by atoms with Crippen molar-refractivity contribution in [2.24, 2.45) is 0 Å². The van der Waals surface area contributed by atoms with Crippen molar-refractivity contribution in [3.8, 4) is 0 Å². The van der Waals surface area contributed by atoms with Gasteiger partial charge >= 0.3 is 0 Å². The van der Waals surface area contributed by atoms with Crippen LogP contribution in [0.15, 0.2) is 0 Å². The highest BCUT2D eigenvalue weighted by atomic mass is 32.1. The number of nitrogen functional groups attached to an aromatic ring is 1.